The molecular weight excluding hydrogens is 138 g/mol. The van der Waals surface area contributed by atoms with Gasteiger partial charge in [0.25, 0.3) is 0 Å². The molecule has 7 heavy (non-hydrogen) atoms. The quantitative estimate of drug-likeness (QED) is 0.375. The molecule has 0 aromatic rings. The number of rotatable bonds is 0. The number of allylic oxidation sites excluding steroid dienone is 1. The summed E-state index contributed by atoms with van der Waals surface area (Å²) in [6, 6.07) is 0. The van der Waals surface area contributed by atoms with Crippen molar-refractivity contribution in [3.05, 3.63) is 33.6 Å². The van der Waals surface area contributed by atoms with Crippen LogP contribution in [-0.2, 0) is 17.1 Å². The summed E-state index contributed by atoms with van der Waals surface area (Å²) in [6.07, 6.45) is 1.50. The average molecular weight is 146 g/mol. The van der Waals surface area contributed by atoms with Gasteiger partial charge in [-0.05, 0) is 0 Å². The first-order valence-electron chi connectivity index (χ1n) is 1.04. The second kappa shape index (κ2) is 312. The van der Waals surface area contributed by atoms with Gasteiger partial charge in [-0.3, -0.25) is 0 Å². The van der Waals surface area contributed by atoms with Crippen LogP contribution in [0.5, 0.6) is 0 Å². The number of hydrogen-bond acceptors (Lipinski definition) is 1. The van der Waals surface area contributed by atoms with Crippen molar-refractivity contribution < 1.29 is 17.1 Å². The van der Waals surface area contributed by atoms with Gasteiger partial charge in [-0.15, -0.1) is 0 Å². The van der Waals surface area contributed by atoms with Gasteiger partial charge in [-0.2, -0.15) is 0 Å². The van der Waals surface area contributed by atoms with Crippen LogP contribution in [0.4, 0.5) is 0 Å². The topological polar surface area (TPSA) is 23.8 Å². The Labute approximate surface area is 56.5 Å². The Hall–Kier alpha value is -0.381. The van der Waals surface area contributed by atoms with Gasteiger partial charge in [-0.1, -0.05) is 0 Å². The Balaban J connectivity index is -0.0000000105. The molecule has 0 saturated carbocycles. The molecule has 47 valence electrons. The first-order chi connectivity index (χ1) is 2.41. The van der Waals surface area contributed by atoms with Gasteiger partial charge in [-0.25, -0.2) is 19.6 Å². The maximum Gasteiger partial charge on any atom is 0 e. The molecule has 1 nitrogen and oxygen atoms in total. The third-order valence-electron chi connectivity index (χ3n) is 0. The van der Waals surface area contributed by atoms with Crippen molar-refractivity contribution in [1.29, 1.82) is 5.26 Å². The summed E-state index contributed by atoms with van der Waals surface area (Å²) >= 11 is 0. The predicted molar refractivity (Wildman–Crippen MR) is 26.9 cm³/mol. The maximum absolute atomic E-state index is 6.25. The standard InChI is InChI=1S/C3H5.CN.CH3.Cu/c1-3-2;1-2;;/h3H,1-2H2;;1H3;/q3*-1;. The van der Waals surface area contributed by atoms with Gasteiger partial charge in [0.15, 0.2) is 0 Å². The molecule has 0 unspecified atom stereocenters. The SMILES string of the molecule is C=C[CH2-].[C-]#N.[CH3-].[Cu]. The summed E-state index contributed by atoms with van der Waals surface area (Å²) in [5.41, 5.74) is 0. The van der Waals surface area contributed by atoms with Gasteiger partial charge in [0, 0.05) is 17.1 Å². The normalized spacial score (nSPS) is 2.00. The van der Waals surface area contributed by atoms with E-state index in [0.29, 0.717) is 0 Å². The van der Waals surface area contributed by atoms with E-state index in [1.165, 1.54) is 6.08 Å². The monoisotopic (exact) mass is 145 g/mol. The Morgan fingerprint density at radius 2 is 1.57 bits per heavy atom. The molecule has 0 spiro atoms. The first kappa shape index (κ1) is 30.5. The van der Waals surface area contributed by atoms with Gasteiger partial charge < -0.3 is 19.3 Å². The fourth-order valence-electron chi connectivity index (χ4n) is 0. The van der Waals surface area contributed by atoms with Gasteiger partial charge in [0.05, 0.1) is 0 Å². The minimum Gasteiger partial charge on any atom is -0.512 e. The van der Waals surface area contributed by atoms with E-state index in [4.69, 9.17) is 11.8 Å². The van der Waals surface area contributed by atoms with E-state index in [2.05, 4.69) is 13.5 Å². The molecule has 2 heteroatoms. The van der Waals surface area contributed by atoms with Crippen LogP contribution in [0.1, 0.15) is 0 Å². The Kier molecular flexibility index (Phi) is 1360. The van der Waals surface area contributed by atoms with Crippen LogP contribution in [0, 0.1) is 26.2 Å². The van der Waals surface area contributed by atoms with Gasteiger partial charge in [0.1, 0.15) is 0 Å². The van der Waals surface area contributed by atoms with Crippen molar-refractivity contribution >= 4 is 0 Å². The van der Waals surface area contributed by atoms with Crippen molar-refractivity contribution in [2.24, 2.45) is 0 Å². The smallest absolute Gasteiger partial charge is 0 e. The third kappa shape index (κ3) is 508. The van der Waals surface area contributed by atoms with Crippen LogP contribution in [-0.4, -0.2) is 0 Å². The van der Waals surface area contributed by atoms with Crippen molar-refractivity contribution in [2.45, 2.75) is 0 Å². The fraction of sp³-hybridized carbons (Fsp3) is 0. The molecule has 0 amide bonds. The van der Waals surface area contributed by atoms with Crippen LogP contribution >= 0.6 is 0 Å². The summed E-state index contributed by atoms with van der Waals surface area (Å²) in [6.45, 7) is 11.2. The van der Waals surface area contributed by atoms with Crippen molar-refractivity contribution in [1.82, 2.24) is 0 Å². The zero-order valence-electron chi connectivity index (χ0n) is 4.24. The van der Waals surface area contributed by atoms with Crippen LogP contribution in [0.15, 0.2) is 12.7 Å². The van der Waals surface area contributed by atoms with Crippen molar-refractivity contribution in [3.63, 3.8) is 0 Å². The van der Waals surface area contributed by atoms with E-state index >= 15 is 0 Å². The molecule has 0 heterocycles. The van der Waals surface area contributed by atoms with Gasteiger partial charge >= 0.3 is 0 Å². The first-order valence-corrected chi connectivity index (χ1v) is 1.04. The molecule has 0 rings (SSSR count). The van der Waals surface area contributed by atoms with Crippen LogP contribution in [0.25, 0.3) is 0 Å². The Bertz CT molecular complexity index is 32.3. The molecule has 0 aliphatic carbocycles. The van der Waals surface area contributed by atoms with Crippen LogP contribution < -0.4 is 0 Å². The van der Waals surface area contributed by atoms with E-state index in [0.717, 1.165) is 0 Å². The third-order valence-corrected chi connectivity index (χ3v) is 0. The fourth-order valence-corrected chi connectivity index (χ4v) is 0. The molecule has 0 aromatic heterocycles. The summed E-state index contributed by atoms with van der Waals surface area (Å²) < 4.78 is 0. The van der Waals surface area contributed by atoms with Gasteiger partial charge in [0.2, 0.25) is 0 Å². The summed E-state index contributed by atoms with van der Waals surface area (Å²) in [7, 11) is 0. The Morgan fingerprint density at radius 1 is 1.57 bits per heavy atom. The average Bonchev–Trinajstić information content (AvgIpc) is 1.46. The van der Waals surface area contributed by atoms with Crippen LogP contribution in [0.3, 0.4) is 0 Å². The molecule has 0 N–H and O–H groups in total. The molecule has 0 bridgehead atoms. The Morgan fingerprint density at radius 3 is 1.57 bits per heavy atom. The second-order valence-electron chi connectivity index (χ2n) is 0.289. The molecule has 0 fully saturated rings. The molecule has 0 aliphatic rings. The predicted octanol–water partition coefficient (Wildman–Crippen LogP) is 1.55. The van der Waals surface area contributed by atoms with E-state index in [1.54, 1.807) is 0 Å². The minimum atomic E-state index is 0. The minimum absolute atomic E-state index is 0. The molecule has 1 radical (unpaired) electrons. The van der Waals surface area contributed by atoms with Crippen molar-refractivity contribution in [2.75, 3.05) is 0 Å². The molecular formula is C5H8CuN-3. The largest absolute Gasteiger partial charge is 0.512 e. The summed E-state index contributed by atoms with van der Waals surface area (Å²) in [5, 5.41) is 6.25. The van der Waals surface area contributed by atoms with E-state index in [9.17, 15) is 0 Å². The molecule has 0 saturated heterocycles. The van der Waals surface area contributed by atoms with E-state index < -0.39 is 0 Å². The summed E-state index contributed by atoms with van der Waals surface area (Å²) in [4.78, 5) is 0. The second-order valence-corrected chi connectivity index (χ2v) is 0.289. The molecule has 0 aromatic carbocycles. The zero-order valence-corrected chi connectivity index (χ0v) is 5.18. The zero-order chi connectivity index (χ0) is 4.71. The number of nitrogens with zero attached hydrogens (tertiary/aromatic N) is 1. The maximum atomic E-state index is 6.25. The van der Waals surface area contributed by atoms with E-state index in [-0.39, 0.29) is 24.5 Å². The van der Waals surface area contributed by atoms with E-state index in [1.807, 2.05) is 0 Å². The number of hydrogen-bond donors (Lipinski definition) is 0. The molecule has 0 atom stereocenters. The molecule has 0 aliphatic heterocycles. The van der Waals surface area contributed by atoms with Crippen LogP contribution in [0.2, 0.25) is 0 Å². The summed E-state index contributed by atoms with van der Waals surface area (Å²) in [5.74, 6) is 0. The van der Waals surface area contributed by atoms with Crippen molar-refractivity contribution in [3.8, 4) is 0 Å².